The first-order chi connectivity index (χ1) is 14.0. The number of hydrogen-bond donors (Lipinski definition) is 2. The third-order valence-corrected chi connectivity index (χ3v) is 7.30. The summed E-state index contributed by atoms with van der Waals surface area (Å²) in [5, 5.41) is 14.5. The molecule has 8 heteroatoms. The molecule has 0 spiro atoms. The quantitative estimate of drug-likeness (QED) is 0.425. The summed E-state index contributed by atoms with van der Waals surface area (Å²) < 4.78 is 28.3. The number of non-ortho nitro benzene ring substituents is 1. The van der Waals surface area contributed by atoms with E-state index in [1.807, 2.05) is 26.8 Å². The average Bonchev–Trinajstić information content (AvgIpc) is 3.15. The fraction of sp³-hybridized carbons (Fsp3) is 0.364. The summed E-state index contributed by atoms with van der Waals surface area (Å²) in [6, 6.07) is 11.8. The monoisotopic (exact) mass is 427 g/mol. The van der Waals surface area contributed by atoms with Crippen LogP contribution in [0.5, 0.6) is 0 Å². The van der Waals surface area contributed by atoms with E-state index in [4.69, 9.17) is 0 Å². The normalized spacial score (nSPS) is 22.8. The van der Waals surface area contributed by atoms with Crippen molar-refractivity contribution in [1.29, 1.82) is 0 Å². The van der Waals surface area contributed by atoms with Gasteiger partial charge in [0, 0.05) is 29.3 Å². The lowest BCUT2D eigenvalue weighted by Gasteiger charge is -2.37. The molecule has 0 amide bonds. The second kappa shape index (κ2) is 7.21. The molecule has 1 aliphatic heterocycles. The molecule has 0 saturated carbocycles. The van der Waals surface area contributed by atoms with Crippen LogP contribution in [0.25, 0.3) is 0 Å². The molecule has 2 aromatic rings. The van der Waals surface area contributed by atoms with E-state index < -0.39 is 20.5 Å². The summed E-state index contributed by atoms with van der Waals surface area (Å²) in [5.74, 6) is 0.304. The molecule has 3 atom stereocenters. The number of nitro benzene ring substituents is 1. The van der Waals surface area contributed by atoms with E-state index in [2.05, 4.69) is 22.2 Å². The highest BCUT2D eigenvalue weighted by atomic mass is 32.2. The zero-order valence-corrected chi connectivity index (χ0v) is 17.9. The largest absolute Gasteiger partial charge is 0.378 e. The van der Waals surface area contributed by atoms with Crippen LogP contribution in [0.3, 0.4) is 0 Å². The zero-order valence-electron chi connectivity index (χ0n) is 17.1. The highest BCUT2D eigenvalue weighted by Crippen LogP contribution is 2.50. The number of nitrogens with zero attached hydrogens (tertiary/aromatic N) is 1. The Hall–Kier alpha value is -2.71. The lowest BCUT2D eigenvalue weighted by molar-refractivity contribution is -0.384. The number of fused-ring (bicyclic) bond motifs is 3. The number of allylic oxidation sites excluding steroid dienone is 2. The lowest BCUT2D eigenvalue weighted by Crippen LogP contribution is -2.40. The Morgan fingerprint density at radius 1 is 1.13 bits per heavy atom. The predicted octanol–water partition coefficient (Wildman–Crippen LogP) is 4.50. The topological polar surface area (TPSA) is 101 Å². The van der Waals surface area contributed by atoms with Crippen molar-refractivity contribution in [3.63, 3.8) is 0 Å². The lowest BCUT2D eigenvalue weighted by atomic mass is 9.77. The van der Waals surface area contributed by atoms with Crippen molar-refractivity contribution in [2.75, 3.05) is 5.32 Å². The standard InChI is InChI=1S/C22H25N3O4S/c1-22(2,3)24-30(28,29)16-11-12-20-19(13-16)17-5-4-6-18(17)21(23-20)14-7-9-15(10-8-14)25(26)27/h4-5,7-13,17-18,21,23-24H,6H2,1-3H3. The number of hydrogen-bond acceptors (Lipinski definition) is 5. The van der Waals surface area contributed by atoms with Gasteiger partial charge < -0.3 is 5.32 Å². The van der Waals surface area contributed by atoms with Crippen molar-refractivity contribution < 1.29 is 13.3 Å². The van der Waals surface area contributed by atoms with E-state index in [9.17, 15) is 18.5 Å². The molecule has 0 saturated heterocycles. The van der Waals surface area contributed by atoms with Gasteiger partial charge in [0.05, 0.1) is 15.9 Å². The van der Waals surface area contributed by atoms with Crippen molar-refractivity contribution in [3.05, 3.63) is 75.9 Å². The molecule has 3 unspecified atom stereocenters. The van der Waals surface area contributed by atoms with E-state index in [1.54, 1.807) is 24.3 Å². The summed E-state index contributed by atoms with van der Waals surface area (Å²) >= 11 is 0. The molecule has 2 aliphatic rings. The van der Waals surface area contributed by atoms with E-state index in [0.29, 0.717) is 0 Å². The Morgan fingerprint density at radius 3 is 2.47 bits per heavy atom. The molecule has 30 heavy (non-hydrogen) atoms. The van der Waals surface area contributed by atoms with Crippen LogP contribution in [0.2, 0.25) is 0 Å². The van der Waals surface area contributed by atoms with E-state index >= 15 is 0 Å². The third-order valence-electron chi connectivity index (χ3n) is 5.55. The molecule has 1 aliphatic carbocycles. The minimum Gasteiger partial charge on any atom is -0.378 e. The minimum absolute atomic E-state index is 0.00605. The molecule has 4 rings (SSSR count). The molecule has 2 aromatic carbocycles. The summed E-state index contributed by atoms with van der Waals surface area (Å²) in [6.45, 7) is 5.44. The van der Waals surface area contributed by atoms with E-state index in [-0.39, 0.29) is 28.5 Å². The third kappa shape index (κ3) is 3.85. The van der Waals surface area contributed by atoms with Gasteiger partial charge in [-0.25, -0.2) is 13.1 Å². The first-order valence-electron chi connectivity index (χ1n) is 9.91. The van der Waals surface area contributed by atoms with Crippen LogP contribution in [0.15, 0.2) is 59.5 Å². The first-order valence-corrected chi connectivity index (χ1v) is 11.4. The second-order valence-electron chi connectivity index (χ2n) is 8.93. The Balaban J connectivity index is 1.69. The van der Waals surface area contributed by atoms with Gasteiger partial charge >= 0.3 is 0 Å². The average molecular weight is 428 g/mol. The molecule has 7 nitrogen and oxygen atoms in total. The number of nitrogens with one attached hydrogen (secondary N) is 2. The fourth-order valence-corrected chi connectivity index (χ4v) is 5.79. The maximum atomic E-state index is 12.8. The van der Waals surface area contributed by atoms with Crippen molar-refractivity contribution in [2.24, 2.45) is 5.92 Å². The molecular formula is C22H25N3O4S. The second-order valence-corrected chi connectivity index (χ2v) is 10.6. The Morgan fingerprint density at radius 2 is 1.83 bits per heavy atom. The molecule has 158 valence electrons. The molecule has 0 aromatic heterocycles. The smallest absolute Gasteiger partial charge is 0.269 e. The number of sulfonamides is 1. The van der Waals surface area contributed by atoms with Gasteiger partial charge in [-0.2, -0.15) is 0 Å². The minimum atomic E-state index is -3.62. The molecular weight excluding hydrogens is 402 g/mol. The van der Waals surface area contributed by atoms with Gasteiger partial charge in [-0.15, -0.1) is 0 Å². The van der Waals surface area contributed by atoms with Crippen LogP contribution in [0.1, 0.15) is 50.3 Å². The Kier molecular flexibility index (Phi) is 4.94. The summed E-state index contributed by atoms with van der Waals surface area (Å²) in [7, 11) is -3.62. The highest BCUT2D eigenvalue weighted by Gasteiger charge is 2.38. The van der Waals surface area contributed by atoms with Gasteiger partial charge in [-0.05, 0) is 62.4 Å². The van der Waals surface area contributed by atoms with E-state index in [0.717, 1.165) is 23.2 Å². The van der Waals surface area contributed by atoms with Gasteiger partial charge in [0.25, 0.3) is 5.69 Å². The summed E-state index contributed by atoms with van der Waals surface area (Å²) in [5.41, 5.74) is 2.34. The molecule has 0 bridgehead atoms. The van der Waals surface area contributed by atoms with Gasteiger partial charge in [0.2, 0.25) is 10.0 Å². The van der Waals surface area contributed by atoms with Crippen molar-refractivity contribution in [3.8, 4) is 0 Å². The molecule has 0 radical (unpaired) electrons. The Labute approximate surface area is 176 Å². The van der Waals surface area contributed by atoms with Crippen molar-refractivity contribution in [2.45, 2.75) is 49.6 Å². The Bertz CT molecular complexity index is 1120. The van der Waals surface area contributed by atoms with Crippen LogP contribution in [0.4, 0.5) is 11.4 Å². The van der Waals surface area contributed by atoms with Gasteiger partial charge in [0.1, 0.15) is 0 Å². The van der Waals surface area contributed by atoms with Crippen LogP contribution in [-0.4, -0.2) is 18.9 Å². The first kappa shape index (κ1) is 20.6. The van der Waals surface area contributed by atoms with Gasteiger partial charge in [-0.3, -0.25) is 10.1 Å². The fourth-order valence-electron chi connectivity index (χ4n) is 4.34. The maximum absolute atomic E-state index is 12.8. The highest BCUT2D eigenvalue weighted by molar-refractivity contribution is 7.89. The predicted molar refractivity (Wildman–Crippen MR) is 116 cm³/mol. The van der Waals surface area contributed by atoms with Crippen LogP contribution in [0, 0.1) is 16.0 Å². The SMILES string of the molecule is CC(C)(C)NS(=O)(=O)c1ccc2c(c1)C1C=CCC1C(c1ccc([N+](=O)[O-])cc1)N2. The molecule has 2 N–H and O–H groups in total. The van der Waals surface area contributed by atoms with Crippen LogP contribution in [-0.2, 0) is 10.0 Å². The molecule has 0 fully saturated rings. The van der Waals surface area contributed by atoms with Crippen LogP contribution < -0.4 is 10.0 Å². The van der Waals surface area contributed by atoms with Gasteiger partial charge in [0.15, 0.2) is 0 Å². The molecule has 1 heterocycles. The van der Waals surface area contributed by atoms with Gasteiger partial charge in [-0.1, -0.05) is 24.3 Å². The number of benzene rings is 2. The summed E-state index contributed by atoms with van der Waals surface area (Å²) in [4.78, 5) is 10.8. The van der Waals surface area contributed by atoms with Crippen LogP contribution >= 0.6 is 0 Å². The number of anilines is 1. The summed E-state index contributed by atoms with van der Waals surface area (Å²) in [6.07, 6.45) is 5.12. The van der Waals surface area contributed by atoms with Crippen molar-refractivity contribution in [1.82, 2.24) is 4.72 Å². The number of rotatable bonds is 4. The van der Waals surface area contributed by atoms with E-state index in [1.165, 1.54) is 12.1 Å². The number of nitro groups is 1. The van der Waals surface area contributed by atoms with Crippen molar-refractivity contribution >= 4 is 21.4 Å². The maximum Gasteiger partial charge on any atom is 0.269 e. The zero-order chi connectivity index (χ0) is 21.7.